The van der Waals surface area contributed by atoms with Gasteiger partial charge < -0.3 is 5.32 Å². The maximum absolute atomic E-state index is 12.0. The van der Waals surface area contributed by atoms with Crippen LogP contribution in [-0.4, -0.2) is 29.3 Å². The standard InChI is InChI=1S/C12H22F3NS/c1-10(5-3-7-12(13,14)15)16-9-11(2)6-4-8-17-11/h10,16H,3-9H2,1-2H3. The molecule has 0 spiro atoms. The average Bonchev–Trinajstić information content (AvgIpc) is 2.61. The van der Waals surface area contributed by atoms with Crippen LogP contribution in [0.3, 0.4) is 0 Å². The Morgan fingerprint density at radius 3 is 2.65 bits per heavy atom. The van der Waals surface area contributed by atoms with E-state index in [0.29, 0.717) is 6.42 Å². The fraction of sp³-hybridized carbons (Fsp3) is 1.00. The van der Waals surface area contributed by atoms with Crippen LogP contribution in [0.2, 0.25) is 0 Å². The number of hydrogen-bond donors (Lipinski definition) is 1. The lowest BCUT2D eigenvalue weighted by Crippen LogP contribution is -2.38. The molecule has 2 atom stereocenters. The zero-order valence-corrected chi connectivity index (χ0v) is 11.4. The lowest BCUT2D eigenvalue weighted by molar-refractivity contribution is -0.135. The number of hydrogen-bond acceptors (Lipinski definition) is 2. The van der Waals surface area contributed by atoms with Crippen LogP contribution in [0, 0.1) is 0 Å². The first kappa shape index (κ1) is 15.2. The average molecular weight is 269 g/mol. The Morgan fingerprint density at radius 1 is 1.41 bits per heavy atom. The summed E-state index contributed by atoms with van der Waals surface area (Å²) < 4.78 is 36.2. The van der Waals surface area contributed by atoms with Crippen molar-refractivity contribution in [1.29, 1.82) is 0 Å². The van der Waals surface area contributed by atoms with E-state index in [4.69, 9.17) is 0 Å². The molecule has 0 amide bonds. The molecule has 0 bridgehead atoms. The number of alkyl halides is 3. The third-order valence-corrected chi connectivity index (χ3v) is 4.76. The Labute approximate surface area is 106 Å². The highest BCUT2D eigenvalue weighted by atomic mass is 32.2. The lowest BCUT2D eigenvalue weighted by atomic mass is 10.0. The Balaban J connectivity index is 2.10. The fourth-order valence-electron chi connectivity index (χ4n) is 2.08. The maximum Gasteiger partial charge on any atom is 0.389 e. The number of thioether (sulfide) groups is 1. The molecule has 1 heterocycles. The minimum Gasteiger partial charge on any atom is -0.313 e. The third-order valence-electron chi connectivity index (χ3n) is 3.22. The van der Waals surface area contributed by atoms with E-state index < -0.39 is 12.6 Å². The van der Waals surface area contributed by atoms with Gasteiger partial charge in [-0.3, -0.25) is 0 Å². The summed E-state index contributed by atoms with van der Waals surface area (Å²) in [4.78, 5) is 0. The monoisotopic (exact) mass is 269 g/mol. The van der Waals surface area contributed by atoms with E-state index >= 15 is 0 Å². The quantitative estimate of drug-likeness (QED) is 0.782. The number of nitrogens with one attached hydrogen (secondary N) is 1. The second-order valence-corrected chi connectivity index (χ2v) is 6.87. The van der Waals surface area contributed by atoms with E-state index in [1.54, 1.807) is 0 Å². The zero-order chi connectivity index (χ0) is 12.9. The van der Waals surface area contributed by atoms with E-state index in [9.17, 15) is 13.2 Å². The molecule has 2 unspecified atom stereocenters. The van der Waals surface area contributed by atoms with Crippen LogP contribution in [0.4, 0.5) is 13.2 Å². The highest BCUT2D eigenvalue weighted by Gasteiger charge is 2.30. The van der Waals surface area contributed by atoms with Crippen molar-refractivity contribution in [3.8, 4) is 0 Å². The largest absolute Gasteiger partial charge is 0.389 e. The molecule has 1 rings (SSSR count). The molecule has 1 aliphatic heterocycles. The molecule has 17 heavy (non-hydrogen) atoms. The normalized spacial score (nSPS) is 27.4. The number of rotatable bonds is 6. The third kappa shape index (κ3) is 6.55. The molecule has 0 aromatic carbocycles. The molecule has 102 valence electrons. The van der Waals surface area contributed by atoms with Crippen LogP contribution < -0.4 is 5.32 Å². The van der Waals surface area contributed by atoms with Crippen LogP contribution in [-0.2, 0) is 0 Å². The molecule has 5 heteroatoms. The van der Waals surface area contributed by atoms with Crippen LogP contribution in [0.15, 0.2) is 0 Å². The molecule has 0 aromatic heterocycles. The highest BCUT2D eigenvalue weighted by molar-refractivity contribution is 8.00. The minimum atomic E-state index is -4.01. The SMILES string of the molecule is CC(CCCC(F)(F)F)NCC1(C)CCCS1. The summed E-state index contributed by atoms with van der Waals surface area (Å²) >= 11 is 1.97. The summed E-state index contributed by atoms with van der Waals surface area (Å²) in [6, 6.07) is 0.176. The minimum absolute atomic E-state index is 0.176. The first-order valence-electron chi connectivity index (χ1n) is 6.25. The summed E-state index contributed by atoms with van der Waals surface area (Å²) in [5.41, 5.74) is 0. The van der Waals surface area contributed by atoms with Gasteiger partial charge in [-0.05, 0) is 45.3 Å². The molecule has 0 radical (unpaired) electrons. The Bertz CT molecular complexity index is 224. The van der Waals surface area contributed by atoms with Crippen LogP contribution in [0.25, 0.3) is 0 Å². The molecular formula is C12H22F3NS. The van der Waals surface area contributed by atoms with E-state index in [1.165, 1.54) is 18.6 Å². The molecule has 1 saturated heterocycles. The van der Waals surface area contributed by atoms with Crippen molar-refractivity contribution in [2.75, 3.05) is 12.3 Å². The fourth-order valence-corrected chi connectivity index (χ4v) is 3.33. The first-order chi connectivity index (χ1) is 7.81. The van der Waals surface area contributed by atoms with E-state index in [1.807, 2.05) is 18.7 Å². The smallest absolute Gasteiger partial charge is 0.313 e. The molecule has 1 N–H and O–H groups in total. The van der Waals surface area contributed by atoms with Gasteiger partial charge in [-0.2, -0.15) is 24.9 Å². The molecule has 1 fully saturated rings. The molecular weight excluding hydrogens is 247 g/mol. The molecule has 0 aliphatic carbocycles. The Morgan fingerprint density at radius 2 is 2.12 bits per heavy atom. The van der Waals surface area contributed by atoms with Crippen LogP contribution >= 0.6 is 11.8 Å². The van der Waals surface area contributed by atoms with Crippen molar-refractivity contribution >= 4 is 11.8 Å². The van der Waals surface area contributed by atoms with Gasteiger partial charge in [0.1, 0.15) is 0 Å². The molecule has 1 nitrogen and oxygen atoms in total. The van der Waals surface area contributed by atoms with Gasteiger partial charge in [-0.25, -0.2) is 0 Å². The van der Waals surface area contributed by atoms with Crippen LogP contribution in [0.5, 0.6) is 0 Å². The van der Waals surface area contributed by atoms with Gasteiger partial charge in [-0.1, -0.05) is 0 Å². The predicted octanol–water partition coefficient (Wildman–Crippen LogP) is 3.98. The molecule has 1 aliphatic rings. The highest BCUT2D eigenvalue weighted by Crippen LogP contribution is 2.37. The van der Waals surface area contributed by atoms with E-state index in [2.05, 4.69) is 12.2 Å². The maximum atomic E-state index is 12.0. The summed E-state index contributed by atoms with van der Waals surface area (Å²) in [6.45, 7) is 5.12. The first-order valence-corrected chi connectivity index (χ1v) is 7.23. The van der Waals surface area contributed by atoms with Crippen molar-refractivity contribution in [2.24, 2.45) is 0 Å². The predicted molar refractivity (Wildman–Crippen MR) is 67.5 cm³/mol. The van der Waals surface area contributed by atoms with Crippen molar-refractivity contribution in [3.05, 3.63) is 0 Å². The van der Waals surface area contributed by atoms with Crippen molar-refractivity contribution in [1.82, 2.24) is 5.32 Å². The molecule has 0 aromatic rings. The van der Waals surface area contributed by atoms with Gasteiger partial charge in [0.15, 0.2) is 0 Å². The van der Waals surface area contributed by atoms with Gasteiger partial charge in [0.05, 0.1) is 0 Å². The van der Waals surface area contributed by atoms with Crippen molar-refractivity contribution in [2.45, 2.75) is 62.9 Å². The summed E-state index contributed by atoms with van der Waals surface area (Å²) in [5, 5.41) is 3.36. The lowest BCUT2D eigenvalue weighted by Gasteiger charge is -2.25. The van der Waals surface area contributed by atoms with Crippen molar-refractivity contribution < 1.29 is 13.2 Å². The summed E-state index contributed by atoms with van der Waals surface area (Å²) in [5.74, 6) is 1.21. The summed E-state index contributed by atoms with van der Waals surface area (Å²) in [6.07, 6.45) is -1.38. The van der Waals surface area contributed by atoms with Gasteiger partial charge >= 0.3 is 6.18 Å². The van der Waals surface area contributed by atoms with Gasteiger partial charge in [0.2, 0.25) is 0 Å². The second kappa shape index (κ2) is 6.32. The Kier molecular flexibility index (Phi) is 5.64. The van der Waals surface area contributed by atoms with E-state index in [0.717, 1.165) is 6.54 Å². The van der Waals surface area contributed by atoms with Gasteiger partial charge in [0, 0.05) is 23.8 Å². The number of halogens is 3. The summed E-state index contributed by atoms with van der Waals surface area (Å²) in [7, 11) is 0. The Hall–Kier alpha value is 0.100. The molecule has 0 saturated carbocycles. The van der Waals surface area contributed by atoms with Crippen molar-refractivity contribution in [3.63, 3.8) is 0 Å². The van der Waals surface area contributed by atoms with Gasteiger partial charge in [-0.15, -0.1) is 0 Å². The van der Waals surface area contributed by atoms with Gasteiger partial charge in [0.25, 0.3) is 0 Å². The topological polar surface area (TPSA) is 12.0 Å². The zero-order valence-electron chi connectivity index (χ0n) is 10.6. The second-order valence-electron chi connectivity index (χ2n) is 5.19. The van der Waals surface area contributed by atoms with Crippen LogP contribution in [0.1, 0.15) is 46.0 Å². The van der Waals surface area contributed by atoms with E-state index in [-0.39, 0.29) is 17.2 Å².